The largest absolute Gasteiger partial charge is 0.455 e. The number of para-hydroxylation sites is 1. The first kappa shape index (κ1) is 23.7. The number of hydrogen-bond donors (Lipinski definition) is 2. The molecule has 1 aromatic heterocycles. The molecule has 0 aliphatic rings. The molecule has 0 saturated carbocycles. The average Bonchev–Trinajstić information content (AvgIpc) is 2.81. The van der Waals surface area contributed by atoms with Crippen LogP contribution in [0.5, 0.6) is 0 Å². The van der Waals surface area contributed by atoms with Gasteiger partial charge in [0.15, 0.2) is 11.0 Å². The van der Waals surface area contributed by atoms with E-state index in [2.05, 4.69) is 10.6 Å². The van der Waals surface area contributed by atoms with Crippen molar-refractivity contribution >= 4 is 34.2 Å². The van der Waals surface area contributed by atoms with Gasteiger partial charge in [-0.3, -0.25) is 14.4 Å². The first-order valence-corrected chi connectivity index (χ1v) is 10.5. The minimum absolute atomic E-state index is 0.0390. The van der Waals surface area contributed by atoms with Crippen LogP contribution < -0.4 is 16.1 Å². The molecule has 0 spiro atoms. The smallest absolute Gasteiger partial charge is 0.418 e. The maximum absolute atomic E-state index is 13.7. The van der Waals surface area contributed by atoms with Crippen molar-refractivity contribution in [1.29, 1.82) is 0 Å². The highest BCUT2D eigenvalue weighted by Crippen LogP contribution is 2.37. The van der Waals surface area contributed by atoms with Gasteiger partial charge < -0.3 is 15.1 Å². The number of carbonyl (C=O) groups excluding carboxylic acids is 2. The lowest BCUT2D eigenvalue weighted by Crippen LogP contribution is -2.18. The molecule has 2 amide bonds. The van der Waals surface area contributed by atoms with Gasteiger partial charge in [-0.05, 0) is 37.3 Å². The Balaban J connectivity index is 1.81. The number of hydrogen-bond acceptors (Lipinski definition) is 4. The van der Waals surface area contributed by atoms with Crippen LogP contribution >= 0.6 is 0 Å². The summed E-state index contributed by atoms with van der Waals surface area (Å²) in [6.45, 7) is 2.77. The SMILES string of the molecule is CC(=O)Nc1ccc(NC(=O)c2cccc3c(=O)c(C)c(-c4ccccc4)oc23)c(C(F)(F)F)c1. The molecule has 178 valence electrons. The van der Waals surface area contributed by atoms with E-state index in [1.165, 1.54) is 31.2 Å². The van der Waals surface area contributed by atoms with Gasteiger partial charge in [0.05, 0.1) is 22.2 Å². The number of anilines is 2. The van der Waals surface area contributed by atoms with Crippen LogP contribution in [-0.2, 0) is 11.0 Å². The fourth-order valence-electron chi connectivity index (χ4n) is 3.71. The van der Waals surface area contributed by atoms with Crippen LogP contribution in [0, 0.1) is 6.92 Å². The van der Waals surface area contributed by atoms with E-state index in [0.29, 0.717) is 11.1 Å². The summed E-state index contributed by atoms with van der Waals surface area (Å²) in [7, 11) is 0. The van der Waals surface area contributed by atoms with E-state index in [1.807, 2.05) is 0 Å². The number of benzene rings is 3. The van der Waals surface area contributed by atoms with Crippen molar-refractivity contribution in [1.82, 2.24) is 0 Å². The Hall–Kier alpha value is -4.40. The number of halogens is 3. The van der Waals surface area contributed by atoms with E-state index in [9.17, 15) is 27.6 Å². The number of fused-ring (bicyclic) bond motifs is 1. The van der Waals surface area contributed by atoms with Crippen molar-refractivity contribution < 1.29 is 27.2 Å². The van der Waals surface area contributed by atoms with Crippen LogP contribution in [0.1, 0.15) is 28.4 Å². The van der Waals surface area contributed by atoms with Gasteiger partial charge in [0.25, 0.3) is 5.91 Å². The Morgan fingerprint density at radius 1 is 0.914 bits per heavy atom. The van der Waals surface area contributed by atoms with Gasteiger partial charge in [-0.15, -0.1) is 0 Å². The summed E-state index contributed by atoms with van der Waals surface area (Å²) < 4.78 is 47.0. The van der Waals surface area contributed by atoms with Crippen molar-refractivity contribution in [2.75, 3.05) is 10.6 Å². The van der Waals surface area contributed by atoms with Gasteiger partial charge in [-0.1, -0.05) is 36.4 Å². The van der Waals surface area contributed by atoms with Gasteiger partial charge in [-0.2, -0.15) is 13.2 Å². The van der Waals surface area contributed by atoms with Crippen LogP contribution in [0.4, 0.5) is 24.5 Å². The predicted octanol–water partition coefficient (Wildman–Crippen LogP) is 6.00. The second kappa shape index (κ2) is 9.09. The molecule has 0 bridgehead atoms. The second-order valence-corrected chi connectivity index (χ2v) is 7.83. The summed E-state index contributed by atoms with van der Waals surface area (Å²) in [5, 5.41) is 4.68. The van der Waals surface area contributed by atoms with Gasteiger partial charge in [0.2, 0.25) is 5.91 Å². The molecule has 0 fully saturated rings. The monoisotopic (exact) mass is 480 g/mol. The van der Waals surface area contributed by atoms with E-state index < -0.39 is 29.2 Å². The Morgan fingerprint density at radius 3 is 2.29 bits per heavy atom. The number of alkyl halides is 3. The molecule has 0 aliphatic carbocycles. The van der Waals surface area contributed by atoms with E-state index >= 15 is 0 Å². The predicted molar refractivity (Wildman–Crippen MR) is 126 cm³/mol. The van der Waals surface area contributed by atoms with Gasteiger partial charge in [0, 0.05) is 23.7 Å². The zero-order valence-electron chi connectivity index (χ0n) is 18.6. The minimum atomic E-state index is -4.81. The van der Waals surface area contributed by atoms with Crippen LogP contribution in [0.15, 0.2) is 75.9 Å². The van der Waals surface area contributed by atoms with E-state index in [-0.39, 0.29) is 33.4 Å². The molecular weight excluding hydrogens is 461 g/mol. The molecule has 1 heterocycles. The summed E-state index contributed by atoms with van der Waals surface area (Å²) in [4.78, 5) is 37.3. The Bertz CT molecular complexity index is 1510. The lowest BCUT2D eigenvalue weighted by Gasteiger charge is -2.16. The molecule has 0 saturated heterocycles. The van der Waals surface area contributed by atoms with Gasteiger partial charge >= 0.3 is 6.18 Å². The third-order valence-electron chi connectivity index (χ3n) is 5.32. The first-order chi connectivity index (χ1) is 16.6. The number of nitrogens with one attached hydrogen (secondary N) is 2. The highest BCUT2D eigenvalue weighted by molar-refractivity contribution is 6.12. The second-order valence-electron chi connectivity index (χ2n) is 7.83. The molecule has 3 aromatic carbocycles. The third-order valence-corrected chi connectivity index (χ3v) is 5.32. The molecule has 0 atom stereocenters. The molecule has 4 aromatic rings. The highest BCUT2D eigenvalue weighted by Gasteiger charge is 2.34. The zero-order valence-corrected chi connectivity index (χ0v) is 18.6. The number of carbonyl (C=O) groups is 2. The maximum Gasteiger partial charge on any atom is 0.418 e. The van der Waals surface area contributed by atoms with Crippen LogP contribution in [-0.4, -0.2) is 11.8 Å². The fourth-order valence-corrected chi connectivity index (χ4v) is 3.71. The Kier molecular flexibility index (Phi) is 6.17. The van der Waals surface area contributed by atoms with Crippen molar-refractivity contribution in [3.8, 4) is 11.3 Å². The molecule has 0 radical (unpaired) electrons. The summed E-state index contributed by atoms with van der Waals surface area (Å²) >= 11 is 0. The zero-order chi connectivity index (χ0) is 25.3. The topological polar surface area (TPSA) is 88.4 Å². The Labute approximate surface area is 197 Å². The van der Waals surface area contributed by atoms with Crippen molar-refractivity contribution in [2.45, 2.75) is 20.0 Å². The van der Waals surface area contributed by atoms with E-state index in [0.717, 1.165) is 12.1 Å². The van der Waals surface area contributed by atoms with Crippen LogP contribution in [0.2, 0.25) is 0 Å². The summed E-state index contributed by atoms with van der Waals surface area (Å²) in [6.07, 6.45) is -4.81. The van der Waals surface area contributed by atoms with Crippen molar-refractivity contribution in [2.24, 2.45) is 0 Å². The van der Waals surface area contributed by atoms with Crippen LogP contribution in [0.25, 0.3) is 22.3 Å². The van der Waals surface area contributed by atoms with Gasteiger partial charge in [0.1, 0.15) is 5.76 Å². The molecule has 2 N–H and O–H groups in total. The standard InChI is InChI=1S/C26H19F3N2O4/c1-14-22(33)18-9-6-10-19(24(18)35-23(14)16-7-4-3-5-8-16)25(34)31-21-12-11-17(30-15(2)32)13-20(21)26(27,28)29/h3-13H,1-2H3,(H,30,32)(H,31,34). The average molecular weight is 480 g/mol. The molecule has 35 heavy (non-hydrogen) atoms. The minimum Gasteiger partial charge on any atom is -0.455 e. The third kappa shape index (κ3) is 4.79. The molecule has 0 aliphatic heterocycles. The summed E-state index contributed by atoms with van der Waals surface area (Å²) in [5.41, 5.74) is -1.25. The molecule has 4 rings (SSSR count). The number of amides is 2. The lowest BCUT2D eigenvalue weighted by molar-refractivity contribution is -0.137. The van der Waals surface area contributed by atoms with E-state index in [1.54, 1.807) is 37.3 Å². The molecule has 0 unspecified atom stereocenters. The first-order valence-electron chi connectivity index (χ1n) is 10.5. The normalized spacial score (nSPS) is 11.3. The lowest BCUT2D eigenvalue weighted by atomic mass is 10.0. The highest BCUT2D eigenvalue weighted by atomic mass is 19.4. The quantitative estimate of drug-likeness (QED) is 0.375. The number of rotatable bonds is 4. The Morgan fingerprint density at radius 2 is 1.63 bits per heavy atom. The summed E-state index contributed by atoms with van der Waals surface area (Å²) in [5.74, 6) is -1.16. The molecule has 9 heteroatoms. The maximum atomic E-state index is 13.7. The van der Waals surface area contributed by atoms with Crippen molar-refractivity contribution in [3.63, 3.8) is 0 Å². The van der Waals surface area contributed by atoms with Crippen molar-refractivity contribution in [3.05, 3.63) is 93.6 Å². The molecule has 6 nitrogen and oxygen atoms in total. The fraction of sp³-hybridized carbons (Fsp3) is 0.115. The van der Waals surface area contributed by atoms with Crippen LogP contribution in [0.3, 0.4) is 0 Å². The van der Waals surface area contributed by atoms with E-state index in [4.69, 9.17) is 4.42 Å². The van der Waals surface area contributed by atoms with Gasteiger partial charge in [-0.25, -0.2) is 0 Å². The molecular formula is C26H19F3N2O4. The summed E-state index contributed by atoms with van der Waals surface area (Å²) in [6, 6.07) is 16.1.